The van der Waals surface area contributed by atoms with Gasteiger partial charge in [0.15, 0.2) is 6.20 Å². The highest BCUT2D eigenvalue weighted by Crippen LogP contribution is 2.30. The number of hydrogen-bond donors (Lipinski definition) is 0. The zero-order chi connectivity index (χ0) is 21.2. The first-order chi connectivity index (χ1) is 13.7. The summed E-state index contributed by atoms with van der Waals surface area (Å²) in [5, 5.41) is 15.9. The first-order valence-corrected chi connectivity index (χ1v) is 8.20. The number of ether oxygens (including phenoxy) is 1. The van der Waals surface area contributed by atoms with Crippen molar-refractivity contribution in [2.45, 2.75) is 12.5 Å². The Balaban J connectivity index is 1.81. The molecule has 0 saturated carbocycles. The third-order valence-corrected chi connectivity index (χ3v) is 3.85. The Labute approximate surface area is 161 Å². The maximum atomic E-state index is 14.5. The highest BCUT2D eigenvalue weighted by molar-refractivity contribution is 5.91. The maximum Gasteiger partial charge on any atom is 0.461 e. The van der Waals surface area contributed by atoms with Crippen LogP contribution < -0.4 is 14.4 Å². The molecule has 0 atom stereocenters. The Hall–Kier alpha value is -3.43. The molecule has 0 radical (unpaired) electrons. The van der Waals surface area contributed by atoms with Crippen LogP contribution in [0, 0.1) is 5.82 Å². The molecule has 3 rings (SSSR count). The summed E-state index contributed by atoms with van der Waals surface area (Å²) in [5.74, 6) is -1.90. The molecule has 5 nitrogen and oxygen atoms in total. The zero-order valence-corrected chi connectivity index (χ0v) is 14.9. The van der Waals surface area contributed by atoms with Crippen molar-refractivity contribution >= 4 is 5.90 Å². The number of aromatic nitrogens is 2. The lowest BCUT2D eigenvalue weighted by molar-refractivity contribution is -0.671. The second-order valence-electron chi connectivity index (χ2n) is 6.05. The predicted octanol–water partition coefficient (Wildman–Crippen LogP) is 2.93. The van der Waals surface area contributed by atoms with Gasteiger partial charge in [-0.1, -0.05) is 29.4 Å². The van der Waals surface area contributed by atoms with E-state index in [0.717, 1.165) is 18.2 Å². The molecule has 0 fully saturated rings. The number of alkyl halides is 4. The molecule has 10 heteroatoms. The number of hydrogen-bond acceptors (Lipinski definition) is 3. The number of aryl methyl sites for hydroxylation is 1. The Morgan fingerprint density at radius 3 is 2.41 bits per heavy atom. The predicted molar refractivity (Wildman–Crippen MR) is 91.0 cm³/mol. The van der Waals surface area contributed by atoms with E-state index >= 15 is 0 Å². The van der Waals surface area contributed by atoms with Crippen LogP contribution in [0.4, 0.5) is 22.0 Å². The van der Waals surface area contributed by atoms with E-state index < -0.39 is 30.0 Å². The Bertz CT molecular complexity index is 1030. The van der Waals surface area contributed by atoms with Crippen LogP contribution in [0.25, 0.3) is 11.1 Å². The summed E-state index contributed by atoms with van der Waals surface area (Å²) in [6, 6.07) is 8.21. The number of benzene rings is 2. The monoisotopic (exact) mass is 411 g/mol. The molecule has 0 amide bonds. The third-order valence-electron chi connectivity index (χ3n) is 3.85. The average Bonchev–Trinajstić information content (AvgIpc) is 3.06. The van der Waals surface area contributed by atoms with Crippen molar-refractivity contribution in [3.8, 4) is 16.9 Å². The van der Waals surface area contributed by atoms with Crippen LogP contribution in [0.1, 0.15) is 5.56 Å². The molecular formula is C19H14F5N3O2. The molecule has 29 heavy (non-hydrogen) atoms. The molecule has 0 aliphatic heterocycles. The Morgan fingerprint density at radius 1 is 1.17 bits per heavy atom. The number of halogens is 5. The minimum absolute atomic E-state index is 0.0131. The summed E-state index contributed by atoms with van der Waals surface area (Å²) in [4.78, 5) is 0. The Morgan fingerprint density at radius 2 is 1.86 bits per heavy atom. The van der Waals surface area contributed by atoms with Gasteiger partial charge in [0, 0.05) is 11.5 Å². The van der Waals surface area contributed by atoms with Crippen LogP contribution in [0.2, 0.25) is 0 Å². The average molecular weight is 411 g/mol. The third kappa shape index (κ3) is 4.71. The number of nitrogens with zero attached hydrogens (tertiary/aromatic N) is 3. The van der Waals surface area contributed by atoms with E-state index in [1.165, 1.54) is 28.9 Å². The summed E-state index contributed by atoms with van der Waals surface area (Å²) in [5.41, 5.74) is 0.379. The molecule has 0 unspecified atom stereocenters. The lowest BCUT2D eigenvalue weighted by Crippen LogP contribution is -2.33. The topological polar surface area (TPSA) is 53.5 Å². The van der Waals surface area contributed by atoms with Crippen LogP contribution in [0.15, 0.2) is 66.3 Å². The minimum atomic E-state index is -4.63. The van der Waals surface area contributed by atoms with Crippen molar-refractivity contribution in [3.05, 3.63) is 72.6 Å². The largest absolute Gasteiger partial charge is 0.856 e. The van der Waals surface area contributed by atoms with Crippen molar-refractivity contribution in [2.24, 2.45) is 12.1 Å². The lowest BCUT2D eigenvalue weighted by Gasteiger charge is -2.17. The molecule has 1 heterocycles. The van der Waals surface area contributed by atoms with E-state index in [1.807, 2.05) is 0 Å². The van der Waals surface area contributed by atoms with Crippen molar-refractivity contribution in [3.63, 3.8) is 0 Å². The fourth-order valence-electron chi connectivity index (χ4n) is 2.45. The van der Waals surface area contributed by atoms with Crippen LogP contribution in [0.3, 0.4) is 0 Å². The van der Waals surface area contributed by atoms with Crippen molar-refractivity contribution < 1.29 is 36.4 Å². The zero-order valence-electron chi connectivity index (χ0n) is 14.9. The number of imidazole rings is 1. The van der Waals surface area contributed by atoms with Gasteiger partial charge in [-0.05, 0) is 29.3 Å². The van der Waals surface area contributed by atoms with Gasteiger partial charge in [0.05, 0.1) is 7.05 Å². The second-order valence-corrected chi connectivity index (χ2v) is 6.05. The molecule has 0 aliphatic rings. The standard InChI is InChI=1S/C19H14F5N3O2/c1-26-8-9-27(11-26)25-17(28)13-4-7-15(16(20)10-13)12-2-5-14(6-3-12)29-19(23,24)18(21)22/h2-11,18H,1H3. The van der Waals surface area contributed by atoms with E-state index in [-0.39, 0.29) is 16.7 Å². The molecule has 0 spiro atoms. The van der Waals surface area contributed by atoms with Gasteiger partial charge in [0.1, 0.15) is 17.8 Å². The van der Waals surface area contributed by atoms with Gasteiger partial charge in [0.2, 0.25) is 0 Å². The van der Waals surface area contributed by atoms with E-state index in [0.29, 0.717) is 0 Å². The van der Waals surface area contributed by atoms with E-state index in [2.05, 4.69) is 9.84 Å². The van der Waals surface area contributed by atoms with Crippen molar-refractivity contribution in [1.82, 2.24) is 4.68 Å². The van der Waals surface area contributed by atoms with Gasteiger partial charge < -0.3 is 9.84 Å². The molecule has 1 aromatic heterocycles. The van der Waals surface area contributed by atoms with Gasteiger partial charge in [-0.25, -0.2) is 8.96 Å². The van der Waals surface area contributed by atoms with Gasteiger partial charge in [-0.3, -0.25) is 0 Å². The van der Waals surface area contributed by atoms with Crippen LogP contribution in [0.5, 0.6) is 5.75 Å². The van der Waals surface area contributed by atoms with Gasteiger partial charge in [0.25, 0.3) is 6.33 Å². The van der Waals surface area contributed by atoms with E-state index in [4.69, 9.17) is 0 Å². The van der Waals surface area contributed by atoms with Gasteiger partial charge in [-0.15, -0.1) is 4.68 Å². The fourth-order valence-corrected chi connectivity index (χ4v) is 2.45. The molecule has 0 N–H and O–H groups in total. The first kappa shape index (κ1) is 20.3. The smallest absolute Gasteiger partial charge is 0.461 e. The quantitative estimate of drug-likeness (QED) is 0.271. The Kier molecular flexibility index (Phi) is 5.53. The summed E-state index contributed by atoms with van der Waals surface area (Å²) in [6.45, 7) is 0. The van der Waals surface area contributed by atoms with Crippen LogP contribution in [-0.4, -0.2) is 23.1 Å². The molecule has 3 aromatic rings. The first-order valence-electron chi connectivity index (χ1n) is 8.20. The van der Waals surface area contributed by atoms with Crippen molar-refractivity contribution in [1.29, 1.82) is 0 Å². The highest BCUT2D eigenvalue weighted by atomic mass is 19.3. The molecule has 152 valence electrons. The summed E-state index contributed by atoms with van der Waals surface area (Å²) in [6.07, 6.45) is -3.85. The SMILES string of the molecule is C[n+]1ccn(/N=C(\[O-])c2ccc(-c3ccc(OC(F)(F)C(F)F)cc3)c(F)c2)c1. The number of rotatable bonds is 6. The summed E-state index contributed by atoms with van der Waals surface area (Å²) in [7, 11) is 1.75. The normalized spacial score (nSPS) is 12.4. The highest BCUT2D eigenvalue weighted by Gasteiger charge is 2.43. The molecule has 0 saturated heterocycles. The molecule has 2 aromatic carbocycles. The molecular weight excluding hydrogens is 397 g/mol. The minimum Gasteiger partial charge on any atom is -0.856 e. The molecule has 0 bridgehead atoms. The van der Waals surface area contributed by atoms with Gasteiger partial charge in [-0.2, -0.15) is 17.6 Å². The second kappa shape index (κ2) is 7.90. The summed E-state index contributed by atoms with van der Waals surface area (Å²) < 4.78 is 71.6. The van der Waals surface area contributed by atoms with E-state index in [9.17, 15) is 27.1 Å². The fraction of sp³-hybridized carbons (Fsp3) is 0.158. The van der Waals surface area contributed by atoms with E-state index in [1.54, 1.807) is 30.3 Å². The maximum absolute atomic E-state index is 14.5. The summed E-state index contributed by atoms with van der Waals surface area (Å²) >= 11 is 0. The van der Waals surface area contributed by atoms with Crippen molar-refractivity contribution in [2.75, 3.05) is 0 Å². The lowest BCUT2D eigenvalue weighted by atomic mass is 10.0. The van der Waals surface area contributed by atoms with Crippen LogP contribution >= 0.6 is 0 Å². The van der Waals surface area contributed by atoms with Gasteiger partial charge >= 0.3 is 12.5 Å². The molecule has 0 aliphatic carbocycles. The van der Waals surface area contributed by atoms with Crippen LogP contribution in [-0.2, 0) is 7.05 Å².